The minimum atomic E-state index is 0.369. The van der Waals surface area contributed by atoms with Gasteiger partial charge in [-0.1, -0.05) is 25.1 Å². The molecule has 1 N–H and O–H groups in total. The van der Waals surface area contributed by atoms with Crippen LogP contribution in [0.3, 0.4) is 0 Å². The fourth-order valence-electron chi connectivity index (χ4n) is 2.37. The summed E-state index contributed by atoms with van der Waals surface area (Å²) in [6.07, 6.45) is 0. The van der Waals surface area contributed by atoms with E-state index in [4.69, 9.17) is 0 Å². The molecule has 0 saturated heterocycles. The van der Waals surface area contributed by atoms with E-state index in [0.717, 1.165) is 13.1 Å². The van der Waals surface area contributed by atoms with E-state index < -0.39 is 0 Å². The van der Waals surface area contributed by atoms with Crippen molar-refractivity contribution >= 4 is 33.0 Å². The molecule has 20 heavy (non-hydrogen) atoms. The monoisotopic (exact) mass is 352 g/mol. The largest absolute Gasteiger partial charge is 0.369 e. The lowest BCUT2D eigenvalue weighted by Crippen LogP contribution is -2.23. The van der Waals surface area contributed by atoms with E-state index in [9.17, 15) is 0 Å². The zero-order valence-electron chi connectivity index (χ0n) is 12.2. The zero-order chi connectivity index (χ0) is 14.5. The van der Waals surface area contributed by atoms with Gasteiger partial charge >= 0.3 is 0 Å². The maximum absolute atomic E-state index is 3.52. The molecule has 0 aliphatic rings. The summed E-state index contributed by atoms with van der Waals surface area (Å²) in [6.45, 7) is 6.28. The average molecular weight is 353 g/mol. The van der Waals surface area contributed by atoms with Gasteiger partial charge in [-0.15, -0.1) is 11.3 Å². The van der Waals surface area contributed by atoms with Crippen molar-refractivity contribution in [2.45, 2.75) is 26.4 Å². The van der Waals surface area contributed by atoms with Crippen molar-refractivity contribution in [2.75, 3.05) is 18.5 Å². The molecule has 1 aromatic heterocycles. The molecule has 0 radical (unpaired) electrons. The first-order valence-corrected chi connectivity index (χ1v) is 8.55. The molecule has 0 amide bonds. The number of thiophene rings is 1. The Bertz CT molecular complexity index is 553. The lowest BCUT2D eigenvalue weighted by Gasteiger charge is -2.25. The number of rotatable bonds is 6. The van der Waals surface area contributed by atoms with Crippen LogP contribution in [0.5, 0.6) is 0 Å². The smallest absolute Gasteiger partial charge is 0.0520 e. The Morgan fingerprint density at radius 3 is 2.75 bits per heavy atom. The highest BCUT2D eigenvalue weighted by atomic mass is 79.9. The van der Waals surface area contributed by atoms with Crippen molar-refractivity contribution in [1.82, 2.24) is 5.32 Å². The van der Waals surface area contributed by atoms with Crippen LogP contribution < -0.4 is 10.2 Å². The van der Waals surface area contributed by atoms with Gasteiger partial charge in [0.2, 0.25) is 0 Å². The van der Waals surface area contributed by atoms with E-state index in [1.54, 1.807) is 11.3 Å². The molecule has 0 spiro atoms. The normalized spacial score (nSPS) is 12.4. The van der Waals surface area contributed by atoms with Crippen molar-refractivity contribution in [2.24, 2.45) is 0 Å². The van der Waals surface area contributed by atoms with Gasteiger partial charge < -0.3 is 10.2 Å². The third kappa shape index (κ3) is 3.84. The minimum absolute atomic E-state index is 0.369. The molecule has 1 aromatic carbocycles. The molecule has 4 heteroatoms. The summed E-state index contributed by atoms with van der Waals surface area (Å²) < 4.78 is 1.17. The third-order valence-corrected chi connectivity index (χ3v) is 5.02. The van der Waals surface area contributed by atoms with Crippen LogP contribution in [0.2, 0.25) is 0 Å². The van der Waals surface area contributed by atoms with E-state index in [0.29, 0.717) is 6.04 Å². The number of benzene rings is 1. The standard InChI is InChI=1S/C16H21BrN2S/c1-4-18-12(2)15-7-5-6-8-16(15)19(3)10-14-9-13(17)11-20-14/h5-9,11-12,18H,4,10H2,1-3H3. The van der Waals surface area contributed by atoms with Crippen molar-refractivity contribution in [3.63, 3.8) is 0 Å². The highest BCUT2D eigenvalue weighted by Gasteiger charge is 2.13. The molecule has 0 saturated carbocycles. The van der Waals surface area contributed by atoms with E-state index in [2.05, 4.69) is 82.8 Å². The fourth-order valence-corrected chi connectivity index (χ4v) is 3.88. The molecule has 0 aliphatic carbocycles. The second-order valence-electron chi connectivity index (χ2n) is 4.93. The van der Waals surface area contributed by atoms with Crippen LogP contribution in [-0.2, 0) is 6.54 Å². The molecule has 0 fully saturated rings. The minimum Gasteiger partial charge on any atom is -0.369 e. The number of hydrogen-bond acceptors (Lipinski definition) is 3. The number of anilines is 1. The van der Waals surface area contributed by atoms with Gasteiger partial charge in [-0.2, -0.15) is 0 Å². The van der Waals surface area contributed by atoms with Crippen LogP contribution in [0.1, 0.15) is 30.3 Å². The van der Waals surface area contributed by atoms with Crippen LogP contribution in [0.25, 0.3) is 0 Å². The molecular weight excluding hydrogens is 332 g/mol. The lowest BCUT2D eigenvalue weighted by molar-refractivity contribution is 0.597. The van der Waals surface area contributed by atoms with Crippen LogP contribution in [-0.4, -0.2) is 13.6 Å². The topological polar surface area (TPSA) is 15.3 Å². The molecule has 2 rings (SSSR count). The Balaban J connectivity index is 2.18. The van der Waals surface area contributed by atoms with E-state index in [-0.39, 0.29) is 0 Å². The fraction of sp³-hybridized carbons (Fsp3) is 0.375. The van der Waals surface area contributed by atoms with Crippen molar-refractivity contribution < 1.29 is 0 Å². The Morgan fingerprint density at radius 1 is 1.35 bits per heavy atom. The third-order valence-electron chi connectivity index (χ3n) is 3.34. The molecule has 0 aliphatic heterocycles. The van der Waals surface area contributed by atoms with E-state index in [1.165, 1.54) is 20.6 Å². The van der Waals surface area contributed by atoms with Crippen LogP contribution in [0.15, 0.2) is 40.2 Å². The van der Waals surface area contributed by atoms with Gasteiger partial charge in [-0.3, -0.25) is 0 Å². The molecule has 1 heterocycles. The Kier molecular flexibility index (Phi) is 5.64. The summed E-state index contributed by atoms with van der Waals surface area (Å²) in [6, 6.07) is 11.2. The molecular formula is C16H21BrN2S. The highest BCUT2D eigenvalue weighted by molar-refractivity contribution is 9.10. The van der Waals surface area contributed by atoms with Crippen LogP contribution in [0.4, 0.5) is 5.69 Å². The Hall–Kier alpha value is -0.840. The summed E-state index contributed by atoms with van der Waals surface area (Å²) in [7, 11) is 2.16. The predicted octanol–water partition coefficient (Wildman–Crippen LogP) is 4.82. The number of halogens is 1. The zero-order valence-corrected chi connectivity index (χ0v) is 14.6. The second-order valence-corrected chi connectivity index (χ2v) is 6.84. The highest BCUT2D eigenvalue weighted by Crippen LogP contribution is 2.28. The lowest BCUT2D eigenvalue weighted by atomic mass is 10.1. The summed E-state index contributed by atoms with van der Waals surface area (Å²) in [4.78, 5) is 3.69. The number of hydrogen-bond donors (Lipinski definition) is 1. The van der Waals surface area contributed by atoms with Gasteiger partial charge in [0.05, 0.1) is 6.54 Å². The summed E-state index contributed by atoms with van der Waals surface area (Å²) in [5, 5.41) is 5.63. The Labute approximate surface area is 133 Å². The molecule has 1 unspecified atom stereocenters. The average Bonchev–Trinajstić information content (AvgIpc) is 2.84. The van der Waals surface area contributed by atoms with Gasteiger partial charge in [-0.05, 0) is 47.1 Å². The molecule has 108 valence electrons. The molecule has 1 atom stereocenters. The summed E-state index contributed by atoms with van der Waals surface area (Å²) in [5.74, 6) is 0. The van der Waals surface area contributed by atoms with E-state index in [1.807, 2.05) is 0 Å². The van der Waals surface area contributed by atoms with Gasteiger partial charge in [0.15, 0.2) is 0 Å². The van der Waals surface area contributed by atoms with Gasteiger partial charge in [0, 0.05) is 33.5 Å². The van der Waals surface area contributed by atoms with Crippen LogP contribution >= 0.6 is 27.3 Å². The van der Waals surface area contributed by atoms with Crippen molar-refractivity contribution in [3.8, 4) is 0 Å². The van der Waals surface area contributed by atoms with Gasteiger partial charge in [0.25, 0.3) is 0 Å². The maximum atomic E-state index is 3.52. The van der Waals surface area contributed by atoms with Gasteiger partial charge in [-0.25, -0.2) is 0 Å². The predicted molar refractivity (Wildman–Crippen MR) is 92.7 cm³/mol. The maximum Gasteiger partial charge on any atom is 0.0520 e. The van der Waals surface area contributed by atoms with Gasteiger partial charge in [0.1, 0.15) is 0 Å². The molecule has 2 aromatic rings. The first-order chi connectivity index (χ1) is 9.61. The van der Waals surface area contributed by atoms with Crippen LogP contribution in [0, 0.1) is 0 Å². The first-order valence-electron chi connectivity index (χ1n) is 6.88. The molecule has 0 bridgehead atoms. The second kappa shape index (κ2) is 7.25. The quantitative estimate of drug-likeness (QED) is 0.801. The molecule has 2 nitrogen and oxygen atoms in total. The number of nitrogens with zero attached hydrogens (tertiary/aromatic N) is 1. The van der Waals surface area contributed by atoms with E-state index >= 15 is 0 Å². The Morgan fingerprint density at radius 2 is 2.10 bits per heavy atom. The first kappa shape index (κ1) is 15.5. The SMILES string of the molecule is CCNC(C)c1ccccc1N(C)Cc1cc(Br)cs1. The van der Waals surface area contributed by atoms with Crippen molar-refractivity contribution in [3.05, 3.63) is 50.6 Å². The van der Waals surface area contributed by atoms with Crippen molar-refractivity contribution in [1.29, 1.82) is 0 Å². The number of para-hydroxylation sites is 1. The summed E-state index contributed by atoms with van der Waals surface area (Å²) >= 11 is 5.31. The summed E-state index contributed by atoms with van der Waals surface area (Å²) in [5.41, 5.74) is 2.65. The number of nitrogens with one attached hydrogen (secondary N) is 1.